The molecule has 1 saturated heterocycles. The van der Waals surface area contributed by atoms with Crippen molar-refractivity contribution in [3.63, 3.8) is 0 Å². The highest BCUT2D eigenvalue weighted by Crippen LogP contribution is 2.21. The number of halogens is 1. The Labute approximate surface area is 182 Å². The minimum Gasteiger partial charge on any atom is -0.496 e. The smallest absolute Gasteiger partial charge is 0.308 e. The third kappa shape index (κ3) is 5.77. The number of piperazine rings is 1. The maximum absolute atomic E-state index is 12.5. The largest absolute Gasteiger partial charge is 0.496 e. The fraction of sp³-hybridized carbons (Fsp3) is 0.444. The third-order valence-electron chi connectivity index (χ3n) is 3.95. The van der Waals surface area contributed by atoms with Crippen LogP contribution in [-0.2, 0) is 14.3 Å². The maximum Gasteiger partial charge on any atom is 0.308 e. The van der Waals surface area contributed by atoms with E-state index in [2.05, 4.69) is 33.2 Å². The number of carbonyl (C=O) groups is 3. The lowest BCUT2D eigenvalue weighted by atomic mass is 10.1. The summed E-state index contributed by atoms with van der Waals surface area (Å²) in [6.07, 6.45) is -0.433. The monoisotopic (exact) mass is 519 g/mol. The second-order valence-electron chi connectivity index (χ2n) is 6.35. The number of benzene rings is 1. The van der Waals surface area contributed by atoms with Gasteiger partial charge < -0.3 is 19.7 Å². The third-order valence-corrected chi connectivity index (χ3v) is 5.13. The SMILES string of the molecule is COc1ccc(C(=O)NC(=S)N2CCNC(=O)C2CC(=O)OC(C)C)cc1I. The van der Waals surface area contributed by atoms with Gasteiger partial charge in [0.2, 0.25) is 5.91 Å². The Morgan fingerprint density at radius 3 is 2.75 bits per heavy atom. The van der Waals surface area contributed by atoms with Gasteiger partial charge in [-0.25, -0.2) is 0 Å². The summed E-state index contributed by atoms with van der Waals surface area (Å²) in [7, 11) is 1.55. The first-order valence-corrected chi connectivity index (χ1v) is 10.1. The molecule has 0 bridgehead atoms. The van der Waals surface area contributed by atoms with Crippen molar-refractivity contribution >= 4 is 57.7 Å². The lowest BCUT2D eigenvalue weighted by Gasteiger charge is -2.36. The number of thiocarbonyl (C=S) groups is 1. The Kier molecular flexibility index (Phi) is 7.98. The molecule has 0 spiro atoms. The predicted molar refractivity (Wildman–Crippen MR) is 115 cm³/mol. The maximum atomic E-state index is 12.5. The molecule has 1 unspecified atom stereocenters. The highest BCUT2D eigenvalue weighted by atomic mass is 127. The minimum absolute atomic E-state index is 0.0908. The van der Waals surface area contributed by atoms with Gasteiger partial charge in [0.1, 0.15) is 11.8 Å². The molecule has 2 rings (SSSR count). The summed E-state index contributed by atoms with van der Waals surface area (Å²) in [6, 6.07) is 4.17. The number of esters is 1. The van der Waals surface area contributed by atoms with E-state index in [0.29, 0.717) is 24.4 Å². The molecule has 1 aliphatic heterocycles. The standard InChI is InChI=1S/C18H22IN3O5S/c1-10(2)27-15(23)9-13-17(25)20-6-7-22(13)18(28)21-16(24)11-4-5-14(26-3)12(19)8-11/h4-5,8,10,13H,6-7,9H2,1-3H3,(H,20,25)(H,21,24,28). The van der Waals surface area contributed by atoms with Crippen molar-refractivity contribution in [3.05, 3.63) is 27.3 Å². The zero-order chi connectivity index (χ0) is 20.8. The summed E-state index contributed by atoms with van der Waals surface area (Å²) in [4.78, 5) is 38.3. The number of amides is 2. The molecule has 28 heavy (non-hydrogen) atoms. The Morgan fingerprint density at radius 2 is 2.14 bits per heavy atom. The molecule has 1 fully saturated rings. The number of ether oxygens (including phenoxy) is 2. The molecule has 2 amide bonds. The molecule has 0 saturated carbocycles. The van der Waals surface area contributed by atoms with Crippen LogP contribution in [0.15, 0.2) is 18.2 Å². The van der Waals surface area contributed by atoms with Gasteiger partial charge >= 0.3 is 5.97 Å². The van der Waals surface area contributed by atoms with Crippen LogP contribution in [0, 0.1) is 3.57 Å². The first kappa shape index (κ1) is 22.3. The van der Waals surface area contributed by atoms with Crippen LogP contribution in [0.4, 0.5) is 0 Å². The molecular formula is C18H22IN3O5S. The molecule has 2 N–H and O–H groups in total. The lowest BCUT2D eigenvalue weighted by Crippen LogP contribution is -2.60. The Hall–Kier alpha value is -1.95. The van der Waals surface area contributed by atoms with Crippen LogP contribution in [0.5, 0.6) is 5.75 Å². The molecule has 152 valence electrons. The van der Waals surface area contributed by atoms with Crippen molar-refractivity contribution in [3.8, 4) is 5.75 Å². The number of methoxy groups -OCH3 is 1. The summed E-state index contributed by atoms with van der Waals surface area (Å²) in [5.41, 5.74) is 0.407. The van der Waals surface area contributed by atoms with Gasteiger partial charge in [-0.2, -0.15) is 0 Å². The highest BCUT2D eigenvalue weighted by molar-refractivity contribution is 14.1. The van der Waals surface area contributed by atoms with E-state index in [0.717, 1.165) is 3.57 Å². The van der Waals surface area contributed by atoms with Crippen molar-refractivity contribution in [2.75, 3.05) is 20.2 Å². The fourth-order valence-corrected chi connectivity index (χ4v) is 3.73. The number of hydrogen-bond donors (Lipinski definition) is 2. The predicted octanol–water partition coefficient (Wildman–Crippen LogP) is 1.46. The molecule has 10 heteroatoms. The lowest BCUT2D eigenvalue weighted by molar-refractivity contribution is -0.150. The van der Waals surface area contributed by atoms with Crippen LogP contribution in [0.2, 0.25) is 0 Å². The van der Waals surface area contributed by atoms with Crippen LogP contribution in [0.25, 0.3) is 0 Å². The van der Waals surface area contributed by atoms with E-state index in [1.165, 1.54) is 0 Å². The highest BCUT2D eigenvalue weighted by Gasteiger charge is 2.34. The molecule has 1 atom stereocenters. The molecule has 0 aromatic heterocycles. The van der Waals surface area contributed by atoms with Crippen LogP contribution < -0.4 is 15.4 Å². The van der Waals surface area contributed by atoms with Gasteiger partial charge in [0.05, 0.1) is 23.2 Å². The van der Waals surface area contributed by atoms with E-state index in [4.69, 9.17) is 21.7 Å². The summed E-state index contributed by atoms with van der Waals surface area (Å²) < 4.78 is 11.1. The average Bonchev–Trinajstić information content (AvgIpc) is 2.62. The first-order valence-electron chi connectivity index (χ1n) is 8.65. The van der Waals surface area contributed by atoms with E-state index in [1.54, 1.807) is 44.1 Å². The van der Waals surface area contributed by atoms with Crippen LogP contribution >= 0.6 is 34.8 Å². The zero-order valence-corrected chi connectivity index (χ0v) is 18.8. The molecule has 1 heterocycles. The summed E-state index contributed by atoms with van der Waals surface area (Å²) in [5, 5.41) is 5.43. The Bertz CT molecular complexity index is 786. The Balaban J connectivity index is 2.09. The topological polar surface area (TPSA) is 97.0 Å². The van der Waals surface area contributed by atoms with Gasteiger partial charge in [-0.15, -0.1) is 0 Å². The molecule has 1 aromatic rings. The normalized spacial score (nSPS) is 16.4. The van der Waals surface area contributed by atoms with Crippen LogP contribution in [-0.4, -0.2) is 60.1 Å². The molecule has 1 aliphatic rings. The second kappa shape index (κ2) is 10.0. The number of rotatable bonds is 5. The molecule has 8 nitrogen and oxygen atoms in total. The summed E-state index contributed by atoms with van der Waals surface area (Å²) >= 11 is 7.41. The molecule has 1 aromatic carbocycles. The molecular weight excluding hydrogens is 497 g/mol. The van der Waals surface area contributed by atoms with Crippen molar-refractivity contribution in [1.29, 1.82) is 0 Å². The van der Waals surface area contributed by atoms with Gasteiger partial charge in [-0.05, 0) is 66.9 Å². The van der Waals surface area contributed by atoms with Crippen LogP contribution in [0.3, 0.4) is 0 Å². The number of nitrogens with one attached hydrogen (secondary N) is 2. The fourth-order valence-electron chi connectivity index (χ4n) is 2.68. The average molecular weight is 519 g/mol. The van der Waals surface area contributed by atoms with E-state index < -0.39 is 17.9 Å². The first-order chi connectivity index (χ1) is 13.2. The van der Waals surface area contributed by atoms with Gasteiger partial charge in [0.15, 0.2) is 5.11 Å². The quantitative estimate of drug-likeness (QED) is 0.346. The van der Waals surface area contributed by atoms with Crippen molar-refractivity contribution in [2.45, 2.75) is 32.4 Å². The van der Waals surface area contributed by atoms with Gasteiger partial charge in [-0.1, -0.05) is 0 Å². The van der Waals surface area contributed by atoms with E-state index >= 15 is 0 Å². The van der Waals surface area contributed by atoms with Crippen molar-refractivity contribution in [1.82, 2.24) is 15.5 Å². The summed E-state index contributed by atoms with van der Waals surface area (Å²) in [5.74, 6) is -0.570. The summed E-state index contributed by atoms with van der Waals surface area (Å²) in [6.45, 7) is 4.21. The van der Waals surface area contributed by atoms with Crippen molar-refractivity contribution in [2.24, 2.45) is 0 Å². The van der Waals surface area contributed by atoms with Crippen molar-refractivity contribution < 1.29 is 23.9 Å². The van der Waals surface area contributed by atoms with E-state index in [9.17, 15) is 14.4 Å². The molecule has 0 aliphatic carbocycles. The van der Waals surface area contributed by atoms with Gasteiger partial charge in [0, 0.05) is 18.7 Å². The van der Waals surface area contributed by atoms with Gasteiger partial charge in [0.25, 0.3) is 5.91 Å². The van der Waals surface area contributed by atoms with Gasteiger partial charge in [-0.3, -0.25) is 19.7 Å². The minimum atomic E-state index is -0.830. The number of nitrogens with zero attached hydrogens (tertiary/aromatic N) is 1. The van der Waals surface area contributed by atoms with E-state index in [-0.39, 0.29) is 23.5 Å². The zero-order valence-electron chi connectivity index (χ0n) is 15.8. The second-order valence-corrected chi connectivity index (χ2v) is 7.90. The van der Waals surface area contributed by atoms with E-state index in [1.807, 2.05) is 0 Å². The van der Waals surface area contributed by atoms with Crippen LogP contribution in [0.1, 0.15) is 30.6 Å². The molecule has 0 radical (unpaired) electrons. The Morgan fingerprint density at radius 1 is 1.43 bits per heavy atom. The number of hydrogen-bond acceptors (Lipinski definition) is 6. The number of carbonyl (C=O) groups excluding carboxylic acids is 3.